The number of rotatable bonds is 4. The van der Waals surface area contributed by atoms with Crippen LogP contribution in [0.5, 0.6) is 0 Å². The highest BCUT2D eigenvalue weighted by atomic mass is 16.2. The van der Waals surface area contributed by atoms with Crippen LogP contribution in [0.2, 0.25) is 0 Å². The van der Waals surface area contributed by atoms with Gasteiger partial charge in [0.1, 0.15) is 0 Å². The lowest BCUT2D eigenvalue weighted by atomic mass is 10.1. The topological polar surface area (TPSA) is 71.8 Å². The van der Waals surface area contributed by atoms with Crippen molar-refractivity contribution in [1.82, 2.24) is 20.1 Å². The van der Waals surface area contributed by atoms with Gasteiger partial charge in [-0.1, -0.05) is 12.1 Å². The van der Waals surface area contributed by atoms with Crippen LogP contribution in [0.15, 0.2) is 67.3 Å². The van der Waals surface area contributed by atoms with Crippen molar-refractivity contribution >= 4 is 11.7 Å². The van der Waals surface area contributed by atoms with Crippen molar-refractivity contribution in [2.45, 2.75) is 13.0 Å². The van der Waals surface area contributed by atoms with Crippen molar-refractivity contribution in [3.05, 3.63) is 72.8 Å². The summed E-state index contributed by atoms with van der Waals surface area (Å²) in [6.07, 6.45) is 6.87. The van der Waals surface area contributed by atoms with Gasteiger partial charge in [-0.2, -0.15) is 5.10 Å². The van der Waals surface area contributed by atoms with Crippen molar-refractivity contribution in [1.29, 1.82) is 0 Å². The van der Waals surface area contributed by atoms with Crippen molar-refractivity contribution in [3.63, 3.8) is 0 Å². The molecule has 0 aliphatic carbocycles. The highest BCUT2D eigenvalue weighted by Gasteiger charge is 2.10. The molecule has 0 aliphatic rings. The van der Waals surface area contributed by atoms with Gasteiger partial charge in [-0.05, 0) is 42.8 Å². The molecule has 0 spiro atoms. The Kier molecular flexibility index (Phi) is 4.33. The number of anilines is 1. The van der Waals surface area contributed by atoms with Crippen LogP contribution in [0.4, 0.5) is 10.5 Å². The largest absolute Gasteiger partial charge is 0.331 e. The molecule has 0 radical (unpaired) electrons. The predicted molar refractivity (Wildman–Crippen MR) is 88.4 cm³/mol. The van der Waals surface area contributed by atoms with E-state index < -0.39 is 0 Å². The van der Waals surface area contributed by atoms with Crippen molar-refractivity contribution < 1.29 is 4.79 Å². The second-order valence-electron chi connectivity index (χ2n) is 5.11. The second kappa shape index (κ2) is 6.74. The number of pyridine rings is 1. The highest BCUT2D eigenvalue weighted by molar-refractivity contribution is 5.89. The number of carbonyl (C=O) groups is 1. The van der Waals surface area contributed by atoms with Crippen molar-refractivity contribution in [3.8, 4) is 5.69 Å². The van der Waals surface area contributed by atoms with E-state index in [1.165, 1.54) is 0 Å². The molecular formula is C17H17N5O. The molecule has 0 unspecified atom stereocenters. The lowest BCUT2D eigenvalue weighted by molar-refractivity contribution is 0.249. The van der Waals surface area contributed by atoms with E-state index in [2.05, 4.69) is 20.7 Å². The minimum atomic E-state index is -0.269. The van der Waals surface area contributed by atoms with Crippen LogP contribution in [0.3, 0.4) is 0 Å². The standard InChI is InChI=1S/C17H17N5O/c1-13(20-17(23)21-15-6-3-8-18-12-15)14-5-2-7-16(11-14)22-10-4-9-19-22/h2-13H,1H3,(H2,20,21,23)/t13-/m1/s1. The summed E-state index contributed by atoms with van der Waals surface area (Å²) in [7, 11) is 0. The molecule has 116 valence electrons. The number of nitrogens with zero attached hydrogens (tertiary/aromatic N) is 3. The maximum Gasteiger partial charge on any atom is 0.319 e. The summed E-state index contributed by atoms with van der Waals surface area (Å²) >= 11 is 0. The molecule has 2 amide bonds. The quantitative estimate of drug-likeness (QED) is 0.777. The van der Waals surface area contributed by atoms with Crippen LogP contribution < -0.4 is 10.6 Å². The Hall–Kier alpha value is -3.15. The van der Waals surface area contributed by atoms with Crippen LogP contribution in [0.25, 0.3) is 5.69 Å². The average molecular weight is 307 g/mol. The molecule has 23 heavy (non-hydrogen) atoms. The molecule has 2 N–H and O–H groups in total. The van der Waals surface area contributed by atoms with Crippen LogP contribution >= 0.6 is 0 Å². The molecule has 0 bridgehead atoms. The smallest absolute Gasteiger partial charge is 0.319 e. The van der Waals surface area contributed by atoms with Gasteiger partial charge in [0.2, 0.25) is 0 Å². The zero-order chi connectivity index (χ0) is 16.1. The van der Waals surface area contributed by atoms with Gasteiger partial charge >= 0.3 is 6.03 Å². The summed E-state index contributed by atoms with van der Waals surface area (Å²) in [6.45, 7) is 1.94. The molecule has 1 aromatic carbocycles. The number of carbonyl (C=O) groups excluding carboxylic acids is 1. The Morgan fingerprint density at radius 3 is 2.83 bits per heavy atom. The molecule has 0 fully saturated rings. The fourth-order valence-corrected chi connectivity index (χ4v) is 2.24. The molecule has 0 aliphatic heterocycles. The van der Waals surface area contributed by atoms with E-state index in [9.17, 15) is 4.79 Å². The maximum atomic E-state index is 12.0. The third-order valence-electron chi connectivity index (χ3n) is 3.41. The van der Waals surface area contributed by atoms with E-state index in [-0.39, 0.29) is 12.1 Å². The lowest BCUT2D eigenvalue weighted by Gasteiger charge is -2.16. The van der Waals surface area contributed by atoms with E-state index >= 15 is 0 Å². The van der Waals surface area contributed by atoms with Crippen LogP contribution in [-0.4, -0.2) is 20.8 Å². The number of nitrogens with one attached hydrogen (secondary N) is 2. The van der Waals surface area contributed by atoms with E-state index in [1.807, 2.05) is 43.5 Å². The first-order chi connectivity index (χ1) is 11.2. The summed E-state index contributed by atoms with van der Waals surface area (Å²) in [5.41, 5.74) is 2.61. The highest BCUT2D eigenvalue weighted by Crippen LogP contribution is 2.16. The van der Waals surface area contributed by atoms with Gasteiger partial charge in [0.25, 0.3) is 0 Å². The first-order valence-electron chi connectivity index (χ1n) is 7.30. The third kappa shape index (κ3) is 3.74. The van der Waals surface area contributed by atoms with Gasteiger partial charge in [-0.3, -0.25) is 4.98 Å². The average Bonchev–Trinajstić information content (AvgIpc) is 3.10. The Labute approximate surface area is 134 Å². The molecule has 6 heteroatoms. The molecular weight excluding hydrogens is 290 g/mol. The minimum Gasteiger partial charge on any atom is -0.331 e. The van der Waals surface area contributed by atoms with E-state index in [0.29, 0.717) is 5.69 Å². The summed E-state index contributed by atoms with van der Waals surface area (Å²) in [4.78, 5) is 16.0. The van der Waals surface area contributed by atoms with Gasteiger partial charge in [0.05, 0.1) is 23.6 Å². The van der Waals surface area contributed by atoms with Gasteiger partial charge in [0, 0.05) is 18.6 Å². The predicted octanol–water partition coefficient (Wildman–Crippen LogP) is 3.15. The lowest BCUT2D eigenvalue weighted by Crippen LogP contribution is -2.31. The summed E-state index contributed by atoms with van der Waals surface area (Å²) < 4.78 is 1.78. The van der Waals surface area contributed by atoms with Gasteiger partial charge in [-0.25, -0.2) is 9.48 Å². The molecule has 6 nitrogen and oxygen atoms in total. The number of urea groups is 1. The Morgan fingerprint density at radius 1 is 1.17 bits per heavy atom. The normalized spacial score (nSPS) is 11.7. The molecule has 2 aromatic heterocycles. The summed E-state index contributed by atoms with van der Waals surface area (Å²) in [5.74, 6) is 0. The fourth-order valence-electron chi connectivity index (χ4n) is 2.24. The molecule has 0 saturated heterocycles. The Bertz CT molecular complexity index is 771. The van der Waals surface area contributed by atoms with E-state index in [4.69, 9.17) is 0 Å². The number of hydrogen-bond acceptors (Lipinski definition) is 3. The maximum absolute atomic E-state index is 12.0. The van der Waals surface area contributed by atoms with E-state index in [0.717, 1.165) is 11.3 Å². The van der Waals surface area contributed by atoms with Crippen LogP contribution in [-0.2, 0) is 0 Å². The van der Waals surface area contributed by atoms with Crippen molar-refractivity contribution in [2.24, 2.45) is 0 Å². The Morgan fingerprint density at radius 2 is 2.09 bits per heavy atom. The third-order valence-corrected chi connectivity index (χ3v) is 3.41. The zero-order valence-electron chi connectivity index (χ0n) is 12.7. The first kappa shape index (κ1) is 14.8. The minimum absolute atomic E-state index is 0.137. The Balaban J connectivity index is 1.67. The number of aromatic nitrogens is 3. The van der Waals surface area contributed by atoms with Crippen molar-refractivity contribution in [2.75, 3.05) is 5.32 Å². The first-order valence-corrected chi connectivity index (χ1v) is 7.30. The number of benzene rings is 1. The van der Waals surface area contributed by atoms with Crippen LogP contribution in [0, 0.1) is 0 Å². The number of hydrogen-bond donors (Lipinski definition) is 2. The van der Waals surface area contributed by atoms with Gasteiger partial charge in [-0.15, -0.1) is 0 Å². The summed E-state index contributed by atoms with van der Waals surface area (Å²) in [5, 5.41) is 9.88. The van der Waals surface area contributed by atoms with E-state index in [1.54, 1.807) is 35.4 Å². The molecule has 2 heterocycles. The van der Waals surface area contributed by atoms with Crippen LogP contribution in [0.1, 0.15) is 18.5 Å². The van der Waals surface area contributed by atoms with Gasteiger partial charge < -0.3 is 10.6 Å². The molecule has 3 aromatic rings. The molecule has 1 atom stereocenters. The fraction of sp³-hybridized carbons (Fsp3) is 0.118. The summed E-state index contributed by atoms with van der Waals surface area (Å²) in [6, 6.07) is 12.9. The second-order valence-corrected chi connectivity index (χ2v) is 5.11. The number of amides is 2. The monoisotopic (exact) mass is 307 g/mol. The molecule has 3 rings (SSSR count). The zero-order valence-corrected chi connectivity index (χ0v) is 12.7. The SMILES string of the molecule is C[C@@H](NC(=O)Nc1cccnc1)c1cccc(-n2cccn2)c1. The molecule has 0 saturated carbocycles. The van der Waals surface area contributed by atoms with Gasteiger partial charge in [0.15, 0.2) is 0 Å².